The molecule has 4 rings (SSSR count). The lowest BCUT2D eigenvalue weighted by Crippen LogP contribution is -2.56. The molecule has 0 bridgehead atoms. The number of hydrogen-bond acceptors (Lipinski definition) is 4. The zero-order valence-corrected chi connectivity index (χ0v) is 14.4. The second-order valence-electron chi connectivity index (χ2n) is 7.33. The van der Waals surface area contributed by atoms with Gasteiger partial charge in [0.2, 0.25) is 0 Å². The molecule has 2 aromatic heterocycles. The maximum absolute atomic E-state index is 14.9. The van der Waals surface area contributed by atoms with Gasteiger partial charge in [0, 0.05) is 64.1 Å². The minimum Gasteiger partial charge on any atom is -0.356 e. The van der Waals surface area contributed by atoms with Gasteiger partial charge in [-0.1, -0.05) is 6.07 Å². The van der Waals surface area contributed by atoms with Crippen molar-refractivity contribution in [2.45, 2.75) is 25.3 Å². The predicted molar refractivity (Wildman–Crippen MR) is 91.5 cm³/mol. The van der Waals surface area contributed by atoms with E-state index < -0.39 is 11.3 Å². The molecule has 25 heavy (non-hydrogen) atoms. The van der Waals surface area contributed by atoms with E-state index in [1.54, 1.807) is 10.9 Å². The highest BCUT2D eigenvalue weighted by molar-refractivity contribution is 5.40. The fourth-order valence-electron chi connectivity index (χ4n) is 4.17. The number of likely N-dealkylation sites (tertiary alicyclic amines) is 1. The van der Waals surface area contributed by atoms with Crippen molar-refractivity contribution in [3.8, 4) is 0 Å². The lowest BCUT2D eigenvalue weighted by Gasteiger charge is -2.45. The Labute approximate surface area is 146 Å². The topological polar surface area (TPSA) is 37.2 Å². The van der Waals surface area contributed by atoms with Gasteiger partial charge in [-0.25, -0.2) is 13.8 Å². The van der Waals surface area contributed by atoms with Gasteiger partial charge in [-0.3, -0.25) is 9.58 Å². The normalized spacial score (nSPS) is 26.4. The van der Waals surface area contributed by atoms with Gasteiger partial charge in [-0.15, -0.1) is 0 Å². The summed E-state index contributed by atoms with van der Waals surface area (Å²) < 4.78 is 31.5. The van der Waals surface area contributed by atoms with Gasteiger partial charge in [-0.05, 0) is 18.6 Å². The Morgan fingerprint density at radius 3 is 2.76 bits per heavy atom. The van der Waals surface area contributed by atoms with E-state index in [0.29, 0.717) is 39.1 Å². The van der Waals surface area contributed by atoms with Gasteiger partial charge < -0.3 is 4.90 Å². The standard InChI is InChI=1S/C18H23F2N5/c1-23-11-15(10-22-23)12-24-8-6-18(19,20)17(13-24)5-9-25(14-17)16-4-2-3-7-21-16/h2-4,7,10-11H,5-6,8-9,12-14H2,1H3/t17-/m0/s1. The third-order valence-electron chi connectivity index (χ3n) is 5.54. The van der Waals surface area contributed by atoms with Crippen molar-refractivity contribution in [2.75, 3.05) is 31.1 Å². The monoisotopic (exact) mass is 347 g/mol. The minimum atomic E-state index is -2.64. The first-order valence-corrected chi connectivity index (χ1v) is 8.71. The Morgan fingerprint density at radius 2 is 2.04 bits per heavy atom. The van der Waals surface area contributed by atoms with Crippen molar-refractivity contribution in [3.05, 3.63) is 42.4 Å². The first-order valence-electron chi connectivity index (χ1n) is 8.71. The Morgan fingerprint density at radius 1 is 1.16 bits per heavy atom. The summed E-state index contributed by atoms with van der Waals surface area (Å²) in [4.78, 5) is 8.48. The number of pyridine rings is 1. The number of aromatic nitrogens is 3. The highest BCUT2D eigenvalue weighted by atomic mass is 19.3. The molecule has 0 aromatic carbocycles. The fourth-order valence-corrected chi connectivity index (χ4v) is 4.17. The quantitative estimate of drug-likeness (QED) is 0.855. The molecular formula is C18H23F2N5. The van der Waals surface area contributed by atoms with E-state index in [1.165, 1.54) is 0 Å². The van der Waals surface area contributed by atoms with E-state index in [9.17, 15) is 8.78 Å². The predicted octanol–water partition coefficient (Wildman–Crippen LogP) is 2.55. The first-order chi connectivity index (χ1) is 12.0. The molecular weight excluding hydrogens is 324 g/mol. The molecule has 0 radical (unpaired) electrons. The van der Waals surface area contributed by atoms with Crippen molar-refractivity contribution in [2.24, 2.45) is 12.5 Å². The van der Waals surface area contributed by atoms with E-state index in [4.69, 9.17) is 0 Å². The Bertz CT molecular complexity index is 732. The molecule has 2 aliphatic rings. The van der Waals surface area contributed by atoms with Crippen LogP contribution in [0, 0.1) is 5.41 Å². The fraction of sp³-hybridized carbons (Fsp3) is 0.556. The largest absolute Gasteiger partial charge is 0.356 e. The SMILES string of the molecule is Cn1cc(CN2CCC(F)(F)[C@@]3(CCN(c4ccccn4)C3)C2)cn1. The molecule has 0 aliphatic carbocycles. The van der Waals surface area contributed by atoms with Gasteiger partial charge in [0.1, 0.15) is 5.82 Å². The Kier molecular flexibility index (Phi) is 3.98. The van der Waals surface area contributed by atoms with Crippen LogP contribution in [0.5, 0.6) is 0 Å². The number of alkyl halides is 2. The highest BCUT2D eigenvalue weighted by Gasteiger charge is 2.59. The zero-order chi connectivity index (χ0) is 17.5. The van der Waals surface area contributed by atoms with Crippen LogP contribution in [0.4, 0.5) is 14.6 Å². The summed E-state index contributed by atoms with van der Waals surface area (Å²) in [7, 11) is 1.87. The van der Waals surface area contributed by atoms with Crippen molar-refractivity contribution in [3.63, 3.8) is 0 Å². The van der Waals surface area contributed by atoms with E-state index in [-0.39, 0.29) is 6.42 Å². The second-order valence-corrected chi connectivity index (χ2v) is 7.33. The molecule has 0 N–H and O–H groups in total. The number of anilines is 1. The van der Waals surface area contributed by atoms with Gasteiger partial charge in [0.05, 0.1) is 11.6 Å². The number of piperidine rings is 1. The van der Waals surface area contributed by atoms with E-state index in [1.807, 2.05) is 42.5 Å². The molecule has 5 nitrogen and oxygen atoms in total. The van der Waals surface area contributed by atoms with Crippen molar-refractivity contribution >= 4 is 5.82 Å². The Balaban J connectivity index is 1.52. The van der Waals surface area contributed by atoms with E-state index in [2.05, 4.69) is 15.0 Å². The summed E-state index contributed by atoms with van der Waals surface area (Å²) in [5.41, 5.74) is 0.0766. The minimum absolute atomic E-state index is 0.0800. The van der Waals surface area contributed by atoms with E-state index >= 15 is 0 Å². The first kappa shape index (κ1) is 16.4. The van der Waals surface area contributed by atoms with Crippen LogP contribution in [-0.2, 0) is 13.6 Å². The van der Waals surface area contributed by atoms with Crippen LogP contribution >= 0.6 is 0 Å². The molecule has 2 aliphatic heterocycles. The lowest BCUT2D eigenvalue weighted by atomic mass is 9.75. The van der Waals surface area contributed by atoms with Crippen LogP contribution in [0.1, 0.15) is 18.4 Å². The molecule has 2 fully saturated rings. The average molecular weight is 347 g/mol. The number of nitrogens with zero attached hydrogens (tertiary/aromatic N) is 5. The van der Waals surface area contributed by atoms with Crippen LogP contribution in [0.25, 0.3) is 0 Å². The summed E-state index contributed by atoms with van der Waals surface area (Å²) in [5, 5.41) is 4.18. The van der Waals surface area contributed by atoms with Crippen LogP contribution in [0.2, 0.25) is 0 Å². The van der Waals surface area contributed by atoms with Gasteiger partial charge >= 0.3 is 0 Å². The summed E-state index contributed by atoms with van der Waals surface area (Å²) in [6.45, 7) is 2.51. The molecule has 7 heteroatoms. The van der Waals surface area contributed by atoms with Crippen LogP contribution < -0.4 is 4.90 Å². The summed E-state index contributed by atoms with van der Waals surface area (Å²) >= 11 is 0. The van der Waals surface area contributed by atoms with Gasteiger partial charge in [-0.2, -0.15) is 5.10 Å². The summed E-state index contributed by atoms with van der Waals surface area (Å²) in [5.74, 6) is -1.85. The molecule has 4 heterocycles. The Hall–Kier alpha value is -2.02. The maximum Gasteiger partial charge on any atom is 0.257 e. The lowest BCUT2D eigenvalue weighted by molar-refractivity contribution is -0.158. The smallest absolute Gasteiger partial charge is 0.257 e. The third-order valence-corrected chi connectivity index (χ3v) is 5.54. The van der Waals surface area contributed by atoms with Crippen molar-refractivity contribution in [1.29, 1.82) is 0 Å². The van der Waals surface area contributed by atoms with Crippen LogP contribution in [0.15, 0.2) is 36.8 Å². The molecule has 0 unspecified atom stereocenters. The molecule has 1 spiro atoms. The molecule has 1 atom stereocenters. The third kappa shape index (κ3) is 3.01. The van der Waals surface area contributed by atoms with Crippen molar-refractivity contribution < 1.29 is 8.78 Å². The number of aryl methyl sites for hydroxylation is 1. The number of halogens is 2. The molecule has 2 saturated heterocycles. The van der Waals surface area contributed by atoms with Crippen LogP contribution in [0.3, 0.4) is 0 Å². The van der Waals surface area contributed by atoms with Crippen LogP contribution in [-0.4, -0.2) is 51.8 Å². The molecule has 0 amide bonds. The van der Waals surface area contributed by atoms with Crippen molar-refractivity contribution in [1.82, 2.24) is 19.7 Å². The maximum atomic E-state index is 14.9. The highest BCUT2D eigenvalue weighted by Crippen LogP contribution is 2.50. The molecule has 2 aromatic rings. The van der Waals surface area contributed by atoms with Gasteiger partial charge in [0.15, 0.2) is 0 Å². The van der Waals surface area contributed by atoms with E-state index in [0.717, 1.165) is 11.4 Å². The van der Waals surface area contributed by atoms with Gasteiger partial charge in [0.25, 0.3) is 5.92 Å². The second kappa shape index (κ2) is 6.05. The summed E-state index contributed by atoms with van der Waals surface area (Å²) in [6.07, 6.45) is 5.90. The zero-order valence-electron chi connectivity index (χ0n) is 14.4. The number of hydrogen-bond donors (Lipinski definition) is 0. The number of rotatable bonds is 3. The molecule has 0 saturated carbocycles. The average Bonchev–Trinajstić information content (AvgIpc) is 3.20. The molecule has 134 valence electrons. The summed E-state index contributed by atoms with van der Waals surface area (Å²) in [6, 6.07) is 5.65.